The molecule has 1 saturated heterocycles. The number of rotatable bonds is 2. The van der Waals surface area contributed by atoms with Crippen molar-refractivity contribution >= 4 is 11.0 Å². The SMILES string of the molecule is Cn1cnc2ccc(OC3CCCNC3)cc21. The molecule has 2 heterocycles. The van der Waals surface area contributed by atoms with Crippen molar-refractivity contribution < 1.29 is 4.74 Å². The molecule has 1 aliphatic rings. The number of aryl methyl sites for hydroxylation is 1. The molecule has 1 atom stereocenters. The normalized spacial score (nSPS) is 20.6. The lowest BCUT2D eigenvalue weighted by Crippen LogP contribution is -2.37. The summed E-state index contributed by atoms with van der Waals surface area (Å²) in [6, 6.07) is 6.09. The summed E-state index contributed by atoms with van der Waals surface area (Å²) in [4.78, 5) is 4.30. The van der Waals surface area contributed by atoms with E-state index in [2.05, 4.69) is 16.4 Å². The van der Waals surface area contributed by atoms with Gasteiger partial charge in [0.1, 0.15) is 11.9 Å². The summed E-state index contributed by atoms with van der Waals surface area (Å²) in [7, 11) is 2.00. The summed E-state index contributed by atoms with van der Waals surface area (Å²) in [5, 5.41) is 3.36. The van der Waals surface area contributed by atoms with Crippen LogP contribution in [0, 0.1) is 0 Å². The van der Waals surface area contributed by atoms with Crippen molar-refractivity contribution in [2.45, 2.75) is 18.9 Å². The van der Waals surface area contributed by atoms with Crippen LogP contribution >= 0.6 is 0 Å². The van der Waals surface area contributed by atoms with Crippen LogP contribution in [0.3, 0.4) is 0 Å². The maximum atomic E-state index is 5.98. The van der Waals surface area contributed by atoms with Gasteiger partial charge < -0.3 is 14.6 Å². The number of nitrogens with one attached hydrogen (secondary N) is 1. The van der Waals surface area contributed by atoms with Crippen LogP contribution < -0.4 is 10.1 Å². The van der Waals surface area contributed by atoms with Gasteiger partial charge in [0.25, 0.3) is 0 Å². The van der Waals surface area contributed by atoms with Crippen LogP contribution in [0.1, 0.15) is 12.8 Å². The van der Waals surface area contributed by atoms with Gasteiger partial charge in [0, 0.05) is 19.7 Å². The van der Waals surface area contributed by atoms with E-state index in [0.29, 0.717) is 6.10 Å². The Labute approximate surface area is 101 Å². The van der Waals surface area contributed by atoms with E-state index in [1.54, 1.807) is 0 Å². The van der Waals surface area contributed by atoms with E-state index in [9.17, 15) is 0 Å². The highest BCUT2D eigenvalue weighted by Gasteiger charge is 2.14. The molecule has 3 rings (SSSR count). The third kappa shape index (κ3) is 2.13. The van der Waals surface area contributed by atoms with Crippen LogP contribution in [0.15, 0.2) is 24.5 Å². The summed E-state index contributed by atoms with van der Waals surface area (Å²) in [6.07, 6.45) is 4.46. The molecule has 2 aromatic rings. The minimum Gasteiger partial charge on any atom is -0.489 e. The highest BCUT2D eigenvalue weighted by molar-refractivity contribution is 5.76. The molecule has 1 aromatic carbocycles. The summed E-state index contributed by atoms with van der Waals surface area (Å²) >= 11 is 0. The standard InChI is InChI=1S/C13H17N3O/c1-16-9-15-12-5-4-10(7-13(12)16)17-11-3-2-6-14-8-11/h4-5,7,9,11,14H,2-3,6,8H2,1H3. The molecule has 1 fully saturated rings. The number of fused-ring (bicyclic) bond motifs is 1. The Morgan fingerprint density at radius 1 is 1.47 bits per heavy atom. The first-order valence-corrected chi connectivity index (χ1v) is 6.11. The number of benzene rings is 1. The molecule has 17 heavy (non-hydrogen) atoms. The van der Waals surface area contributed by atoms with Crippen LogP contribution in [-0.4, -0.2) is 28.7 Å². The van der Waals surface area contributed by atoms with Gasteiger partial charge in [0.15, 0.2) is 0 Å². The number of aromatic nitrogens is 2. The third-order valence-corrected chi connectivity index (χ3v) is 3.25. The number of piperidine rings is 1. The van der Waals surface area contributed by atoms with Gasteiger partial charge in [-0.2, -0.15) is 0 Å². The van der Waals surface area contributed by atoms with E-state index < -0.39 is 0 Å². The molecular weight excluding hydrogens is 214 g/mol. The van der Waals surface area contributed by atoms with E-state index in [-0.39, 0.29) is 0 Å². The van der Waals surface area contributed by atoms with Gasteiger partial charge in [-0.1, -0.05) is 0 Å². The lowest BCUT2D eigenvalue weighted by atomic mass is 10.1. The fraction of sp³-hybridized carbons (Fsp3) is 0.462. The number of hydrogen-bond acceptors (Lipinski definition) is 3. The zero-order valence-corrected chi connectivity index (χ0v) is 10.0. The minimum atomic E-state index is 0.300. The molecule has 1 aliphatic heterocycles. The van der Waals surface area contributed by atoms with Crippen molar-refractivity contribution in [3.63, 3.8) is 0 Å². The Morgan fingerprint density at radius 2 is 2.41 bits per heavy atom. The predicted molar refractivity (Wildman–Crippen MR) is 67.2 cm³/mol. The second-order valence-corrected chi connectivity index (χ2v) is 4.59. The van der Waals surface area contributed by atoms with Gasteiger partial charge in [0.05, 0.1) is 17.4 Å². The van der Waals surface area contributed by atoms with Gasteiger partial charge in [0.2, 0.25) is 0 Å². The van der Waals surface area contributed by atoms with Gasteiger partial charge >= 0.3 is 0 Å². The molecule has 0 saturated carbocycles. The number of hydrogen-bond donors (Lipinski definition) is 1. The van der Waals surface area contributed by atoms with Crippen LogP contribution in [0.25, 0.3) is 11.0 Å². The Balaban J connectivity index is 1.82. The fourth-order valence-corrected chi connectivity index (χ4v) is 2.29. The highest BCUT2D eigenvalue weighted by atomic mass is 16.5. The molecule has 1 aromatic heterocycles. The van der Waals surface area contributed by atoms with Crippen molar-refractivity contribution in [2.75, 3.05) is 13.1 Å². The van der Waals surface area contributed by atoms with Crippen LogP contribution in [0.2, 0.25) is 0 Å². The lowest BCUT2D eigenvalue weighted by molar-refractivity contribution is 0.167. The Morgan fingerprint density at radius 3 is 3.24 bits per heavy atom. The number of nitrogens with zero attached hydrogens (tertiary/aromatic N) is 2. The molecule has 1 N–H and O–H groups in total. The number of ether oxygens (including phenoxy) is 1. The molecule has 0 spiro atoms. The Bertz CT molecular complexity index is 514. The van der Waals surface area contributed by atoms with Crippen molar-refractivity contribution in [1.82, 2.24) is 14.9 Å². The molecule has 0 radical (unpaired) electrons. The monoisotopic (exact) mass is 231 g/mol. The third-order valence-electron chi connectivity index (χ3n) is 3.25. The molecule has 4 nitrogen and oxygen atoms in total. The average molecular weight is 231 g/mol. The van der Waals surface area contributed by atoms with Gasteiger partial charge in [-0.15, -0.1) is 0 Å². The zero-order chi connectivity index (χ0) is 11.7. The minimum absolute atomic E-state index is 0.300. The van der Waals surface area contributed by atoms with E-state index in [4.69, 9.17) is 4.74 Å². The Kier molecular flexibility index (Phi) is 2.73. The van der Waals surface area contributed by atoms with Crippen molar-refractivity contribution in [1.29, 1.82) is 0 Å². The van der Waals surface area contributed by atoms with Crippen LogP contribution in [-0.2, 0) is 7.05 Å². The molecule has 90 valence electrons. The maximum Gasteiger partial charge on any atom is 0.122 e. The molecular formula is C13H17N3O. The van der Waals surface area contributed by atoms with E-state index in [0.717, 1.165) is 36.3 Å². The molecule has 1 unspecified atom stereocenters. The second kappa shape index (κ2) is 4.37. The smallest absolute Gasteiger partial charge is 0.122 e. The quantitative estimate of drug-likeness (QED) is 0.855. The summed E-state index contributed by atoms with van der Waals surface area (Å²) < 4.78 is 8.00. The molecule has 4 heteroatoms. The second-order valence-electron chi connectivity index (χ2n) is 4.59. The average Bonchev–Trinajstić information content (AvgIpc) is 2.73. The van der Waals surface area contributed by atoms with E-state index in [1.165, 1.54) is 6.42 Å². The summed E-state index contributed by atoms with van der Waals surface area (Å²) in [5.41, 5.74) is 2.13. The number of imidazole rings is 1. The highest BCUT2D eigenvalue weighted by Crippen LogP contribution is 2.21. The predicted octanol–water partition coefficient (Wildman–Crippen LogP) is 1.70. The fourth-order valence-electron chi connectivity index (χ4n) is 2.29. The molecule has 0 aliphatic carbocycles. The van der Waals surface area contributed by atoms with Crippen LogP contribution in [0.5, 0.6) is 5.75 Å². The first-order chi connectivity index (χ1) is 8.33. The van der Waals surface area contributed by atoms with Gasteiger partial charge in [-0.05, 0) is 31.5 Å². The van der Waals surface area contributed by atoms with Crippen molar-refractivity contribution in [3.05, 3.63) is 24.5 Å². The van der Waals surface area contributed by atoms with Gasteiger partial charge in [-0.3, -0.25) is 0 Å². The van der Waals surface area contributed by atoms with Crippen molar-refractivity contribution in [3.8, 4) is 5.75 Å². The topological polar surface area (TPSA) is 39.1 Å². The first-order valence-electron chi connectivity index (χ1n) is 6.11. The van der Waals surface area contributed by atoms with E-state index in [1.807, 2.05) is 30.1 Å². The van der Waals surface area contributed by atoms with E-state index >= 15 is 0 Å². The lowest BCUT2D eigenvalue weighted by Gasteiger charge is -2.23. The Hall–Kier alpha value is -1.55. The molecule has 0 amide bonds. The summed E-state index contributed by atoms with van der Waals surface area (Å²) in [6.45, 7) is 2.06. The van der Waals surface area contributed by atoms with Crippen LogP contribution in [0.4, 0.5) is 0 Å². The van der Waals surface area contributed by atoms with Gasteiger partial charge in [-0.25, -0.2) is 4.98 Å². The molecule has 0 bridgehead atoms. The zero-order valence-electron chi connectivity index (χ0n) is 10.0. The first kappa shape index (κ1) is 10.6. The largest absolute Gasteiger partial charge is 0.489 e. The van der Waals surface area contributed by atoms with Crippen molar-refractivity contribution in [2.24, 2.45) is 7.05 Å². The summed E-state index contributed by atoms with van der Waals surface area (Å²) in [5.74, 6) is 0.940. The maximum absolute atomic E-state index is 5.98.